The van der Waals surface area contributed by atoms with Gasteiger partial charge in [0.05, 0.1) is 29.4 Å². The topological polar surface area (TPSA) is 68.3 Å². The molecule has 220 valence electrons. The summed E-state index contributed by atoms with van der Waals surface area (Å²) < 4.78 is 5.25. The van der Waals surface area contributed by atoms with E-state index in [-0.39, 0.29) is 11.9 Å². The summed E-state index contributed by atoms with van der Waals surface area (Å²) in [5.41, 5.74) is 5.90. The Hall–Kier alpha value is -3.51. The molecule has 1 amide bonds. The van der Waals surface area contributed by atoms with Gasteiger partial charge >= 0.3 is 5.97 Å². The van der Waals surface area contributed by atoms with Gasteiger partial charge in [-0.15, -0.1) is 11.3 Å². The van der Waals surface area contributed by atoms with Gasteiger partial charge in [-0.1, -0.05) is 94.8 Å². The van der Waals surface area contributed by atoms with Gasteiger partial charge in [-0.2, -0.15) is 0 Å². The Kier molecular flexibility index (Phi) is 10.1. The maximum atomic E-state index is 14.0. The fraction of sp³-hybridized carbons (Fsp3) is 0.417. The molecule has 0 aliphatic heterocycles. The SMILES string of the molecule is COC(=O)c1c(NC(=O)c2cc(-c3ccc(CC(C)C)cc3)nc3ccccc23)sc2c1CCCCCCCCCC2. The van der Waals surface area contributed by atoms with Crippen LogP contribution in [0.15, 0.2) is 54.6 Å². The molecular weight excluding hydrogens is 540 g/mol. The van der Waals surface area contributed by atoms with E-state index < -0.39 is 0 Å². The lowest BCUT2D eigenvalue weighted by Gasteiger charge is -2.12. The molecule has 5 rings (SSSR count). The van der Waals surface area contributed by atoms with Crippen LogP contribution in [0.25, 0.3) is 22.2 Å². The molecule has 2 aromatic heterocycles. The van der Waals surface area contributed by atoms with Crippen LogP contribution < -0.4 is 5.32 Å². The summed E-state index contributed by atoms with van der Waals surface area (Å²) in [6, 6.07) is 18.1. The van der Waals surface area contributed by atoms with Gasteiger partial charge in [-0.3, -0.25) is 4.79 Å². The second kappa shape index (κ2) is 14.1. The van der Waals surface area contributed by atoms with E-state index in [1.165, 1.54) is 49.7 Å². The van der Waals surface area contributed by atoms with Crippen molar-refractivity contribution in [3.8, 4) is 11.3 Å². The van der Waals surface area contributed by atoms with Crippen molar-refractivity contribution in [1.29, 1.82) is 0 Å². The number of methoxy groups -OCH3 is 1. The number of amides is 1. The number of benzene rings is 2. The highest BCUT2D eigenvalue weighted by molar-refractivity contribution is 7.17. The number of carbonyl (C=O) groups is 2. The van der Waals surface area contributed by atoms with Crippen LogP contribution in [0.3, 0.4) is 0 Å². The van der Waals surface area contributed by atoms with Gasteiger partial charge in [0.2, 0.25) is 0 Å². The Labute approximate surface area is 253 Å². The minimum Gasteiger partial charge on any atom is -0.465 e. The zero-order chi connectivity index (χ0) is 29.5. The second-order valence-electron chi connectivity index (χ2n) is 11.8. The number of aryl methyl sites for hydroxylation is 1. The van der Waals surface area contributed by atoms with E-state index in [1.54, 1.807) is 11.3 Å². The minimum absolute atomic E-state index is 0.242. The summed E-state index contributed by atoms with van der Waals surface area (Å²) in [5.74, 6) is -0.0373. The van der Waals surface area contributed by atoms with Crippen LogP contribution in [0.1, 0.15) is 102 Å². The lowest BCUT2D eigenvalue weighted by molar-refractivity contribution is 0.0601. The van der Waals surface area contributed by atoms with Crippen molar-refractivity contribution in [2.75, 3.05) is 12.4 Å². The summed E-state index contributed by atoms with van der Waals surface area (Å²) in [6.07, 6.45) is 12.3. The second-order valence-corrected chi connectivity index (χ2v) is 13.0. The number of nitrogens with one attached hydrogen (secondary N) is 1. The van der Waals surface area contributed by atoms with E-state index in [0.717, 1.165) is 66.2 Å². The molecule has 4 aromatic rings. The largest absolute Gasteiger partial charge is 0.465 e. The maximum Gasteiger partial charge on any atom is 0.341 e. The van der Waals surface area contributed by atoms with Crippen LogP contribution in [0.5, 0.6) is 0 Å². The first-order chi connectivity index (χ1) is 20.4. The monoisotopic (exact) mass is 582 g/mol. The summed E-state index contributed by atoms with van der Waals surface area (Å²) in [5, 5.41) is 4.52. The molecule has 0 fully saturated rings. The zero-order valence-corrected chi connectivity index (χ0v) is 25.9. The van der Waals surface area contributed by atoms with E-state index in [0.29, 0.717) is 22.0 Å². The molecule has 2 aromatic carbocycles. The number of carbonyl (C=O) groups excluding carboxylic acids is 2. The lowest BCUT2D eigenvalue weighted by Crippen LogP contribution is -2.15. The van der Waals surface area contributed by atoms with E-state index in [4.69, 9.17) is 9.72 Å². The summed E-state index contributed by atoms with van der Waals surface area (Å²) >= 11 is 1.54. The van der Waals surface area contributed by atoms with Gasteiger partial charge in [0.1, 0.15) is 5.00 Å². The third-order valence-corrected chi connectivity index (χ3v) is 9.35. The van der Waals surface area contributed by atoms with Crippen molar-refractivity contribution in [3.05, 3.63) is 81.7 Å². The Morgan fingerprint density at radius 2 is 1.57 bits per heavy atom. The van der Waals surface area contributed by atoms with E-state index >= 15 is 0 Å². The molecule has 0 bridgehead atoms. The number of aromatic nitrogens is 1. The van der Waals surface area contributed by atoms with Crippen LogP contribution in [0.2, 0.25) is 0 Å². The van der Waals surface area contributed by atoms with Crippen molar-refractivity contribution in [1.82, 2.24) is 4.98 Å². The van der Waals surface area contributed by atoms with Crippen molar-refractivity contribution < 1.29 is 14.3 Å². The number of nitrogens with zero attached hydrogens (tertiary/aromatic N) is 1. The molecule has 0 unspecified atom stereocenters. The highest BCUT2D eigenvalue weighted by Crippen LogP contribution is 2.38. The highest BCUT2D eigenvalue weighted by atomic mass is 32.1. The van der Waals surface area contributed by atoms with Crippen LogP contribution in [-0.2, 0) is 24.0 Å². The average Bonchev–Trinajstić information content (AvgIpc) is 3.32. The normalized spacial score (nSPS) is 14.6. The number of anilines is 1. The van der Waals surface area contributed by atoms with Crippen LogP contribution >= 0.6 is 11.3 Å². The summed E-state index contributed by atoms with van der Waals surface area (Å²) in [6.45, 7) is 4.43. The average molecular weight is 583 g/mol. The highest BCUT2D eigenvalue weighted by Gasteiger charge is 2.26. The molecule has 6 heteroatoms. The molecule has 1 aliphatic carbocycles. The standard InChI is InChI=1S/C36H42N2O3S/c1-24(2)22-25-18-20-26(21-19-25)31-23-29(27-14-12-13-16-30(27)37-31)34(39)38-35-33(36(40)41-3)28-15-10-8-6-4-5-7-9-11-17-32(28)42-35/h12-14,16,18-21,23-24H,4-11,15,17,22H2,1-3H3,(H,38,39). The third kappa shape index (κ3) is 7.09. The molecule has 42 heavy (non-hydrogen) atoms. The number of rotatable bonds is 6. The molecule has 5 nitrogen and oxygen atoms in total. The van der Waals surface area contributed by atoms with Crippen LogP contribution in [-0.4, -0.2) is 24.0 Å². The molecular formula is C36H42N2O3S. The Morgan fingerprint density at radius 3 is 2.26 bits per heavy atom. The van der Waals surface area contributed by atoms with Gasteiger partial charge in [-0.25, -0.2) is 9.78 Å². The molecule has 0 atom stereocenters. The summed E-state index contributed by atoms with van der Waals surface area (Å²) in [4.78, 5) is 33.2. The van der Waals surface area contributed by atoms with Gasteiger partial charge in [0.25, 0.3) is 5.91 Å². The Morgan fingerprint density at radius 1 is 0.905 bits per heavy atom. The van der Waals surface area contributed by atoms with Gasteiger partial charge in [-0.05, 0) is 61.3 Å². The van der Waals surface area contributed by atoms with E-state index in [2.05, 4.69) is 43.4 Å². The number of pyridine rings is 1. The predicted octanol–water partition coefficient (Wildman–Crippen LogP) is 9.42. The molecule has 0 saturated heterocycles. The molecule has 0 saturated carbocycles. The number of para-hydroxylation sites is 1. The minimum atomic E-state index is -0.378. The first kappa shape index (κ1) is 30.0. The fourth-order valence-corrected chi connectivity index (χ4v) is 7.27. The Balaban J connectivity index is 1.51. The molecule has 1 N–H and O–H groups in total. The summed E-state index contributed by atoms with van der Waals surface area (Å²) in [7, 11) is 1.42. The predicted molar refractivity (Wildman–Crippen MR) is 174 cm³/mol. The van der Waals surface area contributed by atoms with Crippen molar-refractivity contribution in [2.45, 2.75) is 84.5 Å². The van der Waals surface area contributed by atoms with Gasteiger partial charge in [0.15, 0.2) is 0 Å². The van der Waals surface area contributed by atoms with E-state index in [9.17, 15) is 9.59 Å². The quantitative estimate of drug-likeness (QED) is 0.230. The molecule has 2 heterocycles. The van der Waals surface area contributed by atoms with Gasteiger partial charge < -0.3 is 10.1 Å². The van der Waals surface area contributed by atoms with Crippen LogP contribution in [0.4, 0.5) is 5.00 Å². The fourth-order valence-electron chi connectivity index (χ4n) is 6.00. The first-order valence-corrected chi connectivity index (χ1v) is 16.3. The molecule has 0 radical (unpaired) electrons. The van der Waals surface area contributed by atoms with Crippen LogP contribution in [0, 0.1) is 5.92 Å². The number of ether oxygens (including phenoxy) is 1. The zero-order valence-electron chi connectivity index (χ0n) is 25.1. The number of thiophene rings is 1. The third-order valence-electron chi connectivity index (χ3n) is 8.14. The number of fused-ring (bicyclic) bond motifs is 2. The molecule has 0 spiro atoms. The number of hydrogen-bond donors (Lipinski definition) is 1. The Bertz CT molecular complexity index is 1540. The van der Waals surface area contributed by atoms with Crippen molar-refractivity contribution in [3.63, 3.8) is 0 Å². The van der Waals surface area contributed by atoms with E-state index in [1.807, 2.05) is 30.3 Å². The number of hydrogen-bond acceptors (Lipinski definition) is 5. The van der Waals surface area contributed by atoms with Crippen molar-refractivity contribution >= 4 is 39.1 Å². The lowest BCUT2D eigenvalue weighted by atomic mass is 9.97. The maximum absolute atomic E-state index is 14.0. The first-order valence-electron chi connectivity index (χ1n) is 15.5. The smallest absolute Gasteiger partial charge is 0.341 e. The van der Waals surface area contributed by atoms with Crippen molar-refractivity contribution in [2.24, 2.45) is 5.92 Å². The molecule has 1 aliphatic rings. The number of esters is 1. The van der Waals surface area contributed by atoms with Gasteiger partial charge in [0, 0.05) is 15.8 Å².